The summed E-state index contributed by atoms with van der Waals surface area (Å²) in [4.78, 5) is 17.4. The zero-order valence-corrected chi connectivity index (χ0v) is 13.4. The molecule has 22 heavy (non-hydrogen) atoms. The second kappa shape index (κ2) is 8.41. The second-order valence-electron chi connectivity index (χ2n) is 4.41. The van der Waals surface area contributed by atoms with Crippen LogP contribution in [0.4, 0.5) is 5.69 Å². The summed E-state index contributed by atoms with van der Waals surface area (Å²) in [7, 11) is 1.61. The van der Waals surface area contributed by atoms with Gasteiger partial charge in [-0.3, -0.25) is 4.79 Å². The summed E-state index contributed by atoms with van der Waals surface area (Å²) in [5.74, 6) is 0.335. The van der Waals surface area contributed by atoms with E-state index in [1.807, 2.05) is 18.4 Å². The third-order valence-corrected chi connectivity index (χ3v) is 3.63. The quantitative estimate of drug-likeness (QED) is 0.628. The van der Waals surface area contributed by atoms with Crippen molar-refractivity contribution in [3.05, 3.63) is 48.2 Å². The molecule has 6 heteroatoms. The highest BCUT2D eigenvalue weighted by Gasteiger charge is 2.06. The van der Waals surface area contributed by atoms with E-state index in [-0.39, 0.29) is 5.91 Å². The number of hydrogen-bond donors (Lipinski definition) is 1. The first-order chi connectivity index (χ1) is 10.7. The standard InChI is InChI=1S/C16H18N2O3S/c1-20-9-10-21-15-8-5-13(11-17-15)18-16(19)12-3-6-14(22-2)7-4-12/h3-8,11H,9-10H2,1-2H3,(H,18,19). The predicted molar refractivity (Wildman–Crippen MR) is 87.8 cm³/mol. The number of pyridine rings is 1. The number of rotatable bonds is 7. The van der Waals surface area contributed by atoms with Crippen LogP contribution in [0.2, 0.25) is 0 Å². The van der Waals surface area contributed by atoms with Crippen LogP contribution in [0.3, 0.4) is 0 Å². The highest BCUT2D eigenvalue weighted by Crippen LogP contribution is 2.16. The molecule has 0 atom stereocenters. The molecule has 0 aliphatic heterocycles. The van der Waals surface area contributed by atoms with Crippen molar-refractivity contribution in [2.45, 2.75) is 4.90 Å². The number of methoxy groups -OCH3 is 1. The zero-order chi connectivity index (χ0) is 15.8. The molecule has 0 unspecified atom stereocenters. The number of benzene rings is 1. The van der Waals surface area contributed by atoms with Crippen LogP contribution < -0.4 is 10.1 Å². The van der Waals surface area contributed by atoms with Crippen molar-refractivity contribution in [2.75, 3.05) is 31.9 Å². The highest BCUT2D eigenvalue weighted by atomic mass is 32.2. The Bertz CT molecular complexity index is 600. The van der Waals surface area contributed by atoms with Crippen LogP contribution in [0.5, 0.6) is 5.88 Å². The predicted octanol–water partition coefficient (Wildman–Crippen LogP) is 3.08. The van der Waals surface area contributed by atoms with Gasteiger partial charge in [-0.1, -0.05) is 0 Å². The maximum atomic E-state index is 12.1. The van der Waals surface area contributed by atoms with E-state index < -0.39 is 0 Å². The molecule has 0 saturated carbocycles. The molecule has 1 amide bonds. The van der Waals surface area contributed by atoms with Crippen molar-refractivity contribution in [1.29, 1.82) is 0 Å². The lowest BCUT2D eigenvalue weighted by atomic mass is 10.2. The summed E-state index contributed by atoms with van der Waals surface area (Å²) in [6.07, 6.45) is 3.56. The molecule has 0 spiro atoms. The molecular weight excluding hydrogens is 300 g/mol. The van der Waals surface area contributed by atoms with E-state index in [4.69, 9.17) is 9.47 Å². The summed E-state index contributed by atoms with van der Waals surface area (Å²) >= 11 is 1.64. The lowest BCUT2D eigenvalue weighted by Crippen LogP contribution is -2.12. The topological polar surface area (TPSA) is 60.5 Å². The first-order valence-corrected chi connectivity index (χ1v) is 7.98. The van der Waals surface area contributed by atoms with E-state index in [1.165, 1.54) is 0 Å². The Balaban J connectivity index is 1.93. The smallest absolute Gasteiger partial charge is 0.255 e. The van der Waals surface area contributed by atoms with Gasteiger partial charge in [0, 0.05) is 23.6 Å². The lowest BCUT2D eigenvalue weighted by Gasteiger charge is -2.07. The van der Waals surface area contributed by atoms with Crippen LogP contribution in [0.15, 0.2) is 47.5 Å². The molecule has 0 radical (unpaired) electrons. The number of carbonyl (C=O) groups excluding carboxylic acids is 1. The molecule has 0 aliphatic rings. The molecular formula is C16H18N2O3S. The molecule has 2 aromatic rings. The summed E-state index contributed by atoms with van der Waals surface area (Å²) < 4.78 is 10.3. The molecule has 0 bridgehead atoms. The van der Waals surface area contributed by atoms with Crippen LogP contribution in [0, 0.1) is 0 Å². The van der Waals surface area contributed by atoms with E-state index in [2.05, 4.69) is 10.3 Å². The molecule has 1 aromatic carbocycles. The molecule has 1 aromatic heterocycles. The van der Waals surface area contributed by atoms with E-state index in [9.17, 15) is 4.79 Å². The maximum absolute atomic E-state index is 12.1. The van der Waals surface area contributed by atoms with E-state index in [1.54, 1.807) is 49.3 Å². The minimum atomic E-state index is -0.164. The Morgan fingerprint density at radius 3 is 2.55 bits per heavy atom. The van der Waals surface area contributed by atoms with Crippen molar-refractivity contribution in [3.63, 3.8) is 0 Å². The zero-order valence-electron chi connectivity index (χ0n) is 12.5. The average Bonchev–Trinajstić information content (AvgIpc) is 2.57. The van der Waals surface area contributed by atoms with Gasteiger partial charge in [0.25, 0.3) is 5.91 Å². The molecule has 2 rings (SSSR count). The SMILES string of the molecule is COCCOc1ccc(NC(=O)c2ccc(SC)cc2)cn1. The summed E-state index contributed by atoms with van der Waals surface area (Å²) in [6, 6.07) is 10.9. The van der Waals surface area contributed by atoms with Crippen molar-refractivity contribution < 1.29 is 14.3 Å². The van der Waals surface area contributed by atoms with Gasteiger partial charge in [-0.15, -0.1) is 11.8 Å². The molecule has 0 aliphatic carbocycles. The van der Waals surface area contributed by atoms with Crippen LogP contribution in [-0.2, 0) is 4.74 Å². The van der Waals surface area contributed by atoms with Gasteiger partial charge in [-0.25, -0.2) is 4.98 Å². The van der Waals surface area contributed by atoms with Crippen molar-refractivity contribution >= 4 is 23.4 Å². The van der Waals surface area contributed by atoms with Gasteiger partial charge in [0.1, 0.15) is 6.61 Å². The van der Waals surface area contributed by atoms with Gasteiger partial charge in [-0.05, 0) is 36.6 Å². The number of anilines is 1. The Labute approximate surface area is 134 Å². The first kappa shape index (κ1) is 16.3. The van der Waals surface area contributed by atoms with Gasteiger partial charge in [-0.2, -0.15) is 0 Å². The molecule has 0 fully saturated rings. The third-order valence-electron chi connectivity index (χ3n) is 2.88. The number of nitrogens with one attached hydrogen (secondary N) is 1. The Kier molecular flexibility index (Phi) is 6.24. The van der Waals surface area contributed by atoms with Crippen molar-refractivity contribution in [3.8, 4) is 5.88 Å². The molecule has 1 heterocycles. The Morgan fingerprint density at radius 1 is 1.18 bits per heavy atom. The van der Waals surface area contributed by atoms with Crippen LogP contribution >= 0.6 is 11.8 Å². The van der Waals surface area contributed by atoms with Gasteiger partial charge in [0.15, 0.2) is 0 Å². The van der Waals surface area contributed by atoms with Gasteiger partial charge >= 0.3 is 0 Å². The number of carbonyl (C=O) groups is 1. The van der Waals surface area contributed by atoms with Crippen LogP contribution in [-0.4, -0.2) is 37.5 Å². The van der Waals surface area contributed by atoms with Crippen LogP contribution in [0.1, 0.15) is 10.4 Å². The number of amides is 1. The Hall–Kier alpha value is -2.05. The number of thioether (sulfide) groups is 1. The first-order valence-electron chi connectivity index (χ1n) is 6.76. The minimum Gasteiger partial charge on any atom is -0.475 e. The lowest BCUT2D eigenvalue weighted by molar-refractivity contribution is 0.102. The van der Waals surface area contributed by atoms with Crippen molar-refractivity contribution in [1.82, 2.24) is 4.98 Å². The van der Waals surface area contributed by atoms with E-state index >= 15 is 0 Å². The fraction of sp³-hybridized carbons (Fsp3) is 0.250. The molecule has 0 saturated heterocycles. The fourth-order valence-corrected chi connectivity index (χ4v) is 2.12. The summed E-state index contributed by atoms with van der Waals surface area (Å²) in [6.45, 7) is 0.948. The van der Waals surface area contributed by atoms with Crippen LogP contribution in [0.25, 0.3) is 0 Å². The number of ether oxygens (including phenoxy) is 2. The van der Waals surface area contributed by atoms with Gasteiger partial charge in [0.05, 0.1) is 18.5 Å². The molecule has 1 N–H and O–H groups in total. The number of hydrogen-bond acceptors (Lipinski definition) is 5. The summed E-state index contributed by atoms with van der Waals surface area (Å²) in [5.41, 5.74) is 1.23. The van der Waals surface area contributed by atoms with Gasteiger partial charge in [0.2, 0.25) is 5.88 Å². The maximum Gasteiger partial charge on any atom is 0.255 e. The van der Waals surface area contributed by atoms with E-state index in [0.29, 0.717) is 30.3 Å². The largest absolute Gasteiger partial charge is 0.475 e. The van der Waals surface area contributed by atoms with Gasteiger partial charge < -0.3 is 14.8 Å². The monoisotopic (exact) mass is 318 g/mol. The average molecular weight is 318 g/mol. The second-order valence-corrected chi connectivity index (χ2v) is 5.29. The number of aromatic nitrogens is 1. The normalized spacial score (nSPS) is 10.3. The Morgan fingerprint density at radius 2 is 1.95 bits per heavy atom. The highest BCUT2D eigenvalue weighted by molar-refractivity contribution is 7.98. The molecule has 5 nitrogen and oxygen atoms in total. The summed E-state index contributed by atoms with van der Waals surface area (Å²) in [5, 5.41) is 2.80. The minimum absolute atomic E-state index is 0.164. The third kappa shape index (κ3) is 4.75. The molecule has 116 valence electrons. The fourth-order valence-electron chi connectivity index (χ4n) is 1.71. The van der Waals surface area contributed by atoms with E-state index in [0.717, 1.165) is 4.90 Å². The number of nitrogens with zero attached hydrogens (tertiary/aromatic N) is 1. The van der Waals surface area contributed by atoms with Crippen molar-refractivity contribution in [2.24, 2.45) is 0 Å².